The summed E-state index contributed by atoms with van der Waals surface area (Å²) in [4.78, 5) is 70.2. The van der Waals surface area contributed by atoms with Crippen molar-refractivity contribution in [2.45, 2.75) is 115 Å². The van der Waals surface area contributed by atoms with Crippen molar-refractivity contribution in [3.05, 3.63) is 83.5 Å². The molecule has 2 aliphatic heterocycles. The van der Waals surface area contributed by atoms with Crippen molar-refractivity contribution in [3.8, 4) is 0 Å². The molecule has 0 bridgehead atoms. The van der Waals surface area contributed by atoms with E-state index < -0.39 is 24.3 Å². The number of carbonyl (C=O) groups excluding carboxylic acids is 4. The number of alkyl carbamates (subject to hydrolysis) is 2. The van der Waals surface area contributed by atoms with E-state index in [0.29, 0.717) is 24.9 Å². The summed E-state index contributed by atoms with van der Waals surface area (Å²) in [6.07, 6.45) is 16.0. The molecule has 4 heterocycles. The summed E-state index contributed by atoms with van der Waals surface area (Å²) in [7, 11) is 2.61. The van der Waals surface area contributed by atoms with E-state index in [1.165, 1.54) is 25.3 Å². The smallest absolute Gasteiger partial charge is 0.407 e. The van der Waals surface area contributed by atoms with Gasteiger partial charge < -0.3 is 39.9 Å². The second-order valence-corrected chi connectivity index (χ2v) is 17.1. The number of ether oxygens (including phenoxy) is 2. The third-order valence-electron chi connectivity index (χ3n) is 12.4. The van der Waals surface area contributed by atoms with Crippen molar-refractivity contribution in [1.82, 2.24) is 40.4 Å². The van der Waals surface area contributed by atoms with Crippen LogP contribution in [0.25, 0.3) is 22.1 Å². The molecule has 61 heavy (non-hydrogen) atoms. The Morgan fingerprint density at radius 1 is 0.656 bits per heavy atom. The van der Waals surface area contributed by atoms with Gasteiger partial charge in [0.05, 0.1) is 48.4 Å². The van der Waals surface area contributed by atoms with Crippen LogP contribution in [-0.2, 0) is 36.1 Å². The summed E-state index contributed by atoms with van der Waals surface area (Å²) >= 11 is 0. The average molecular weight is 877 g/mol. The third kappa shape index (κ3) is 10.2. The van der Waals surface area contributed by atoms with Gasteiger partial charge in [-0.3, -0.25) is 9.59 Å². The van der Waals surface area contributed by atoms with Crippen molar-refractivity contribution in [2.75, 3.05) is 27.3 Å². The number of hydrogen-bond donors (Lipinski definition) is 4. The van der Waals surface area contributed by atoms with E-state index in [0.717, 1.165) is 85.1 Å². The fourth-order valence-corrected chi connectivity index (χ4v) is 9.08. The predicted molar refractivity (Wildman–Crippen MR) is 230 cm³/mol. The maximum atomic E-state index is 13.3. The average Bonchev–Trinajstić information content (AvgIpc) is 4.10. The van der Waals surface area contributed by atoms with Gasteiger partial charge in [-0.2, -0.15) is 0 Å². The third-order valence-corrected chi connectivity index (χ3v) is 12.4. The monoisotopic (exact) mass is 876 g/mol. The fourth-order valence-electron chi connectivity index (χ4n) is 9.08. The molecule has 2 fully saturated rings. The maximum absolute atomic E-state index is 13.3. The van der Waals surface area contributed by atoms with Gasteiger partial charge >= 0.3 is 12.2 Å². The molecule has 2 unspecified atom stereocenters. The summed E-state index contributed by atoms with van der Waals surface area (Å²) in [5.74, 6) is 2.31. The van der Waals surface area contributed by atoms with Crippen molar-refractivity contribution in [1.29, 1.82) is 0 Å². The number of likely N-dealkylation sites (tertiary alicyclic amines) is 2. The zero-order valence-corrected chi connectivity index (χ0v) is 37.2. The largest absolute Gasteiger partial charge is 0.453 e. The summed E-state index contributed by atoms with van der Waals surface area (Å²) in [6.45, 7) is 9.00. The number of rotatable bonds is 10. The van der Waals surface area contributed by atoms with Crippen molar-refractivity contribution >= 4 is 46.1 Å². The number of methoxy groups -OCH3 is 2. The van der Waals surface area contributed by atoms with E-state index in [-0.39, 0.29) is 52.8 Å². The normalized spacial score (nSPS) is 21.7. The molecule has 4 N–H and O–H groups in total. The summed E-state index contributed by atoms with van der Waals surface area (Å²) in [6, 6.07) is 11.3. The van der Waals surface area contributed by atoms with Gasteiger partial charge in [-0.05, 0) is 98.6 Å². The molecule has 2 aromatic carbocycles. The van der Waals surface area contributed by atoms with Crippen molar-refractivity contribution < 1.29 is 45.7 Å². The maximum Gasteiger partial charge on any atom is 0.407 e. The molecule has 2 aromatic heterocycles. The molecule has 0 spiro atoms. The van der Waals surface area contributed by atoms with Crippen LogP contribution < -0.4 is 10.6 Å². The number of allylic oxidation sites excluding steroid dienone is 4. The van der Waals surface area contributed by atoms with Gasteiger partial charge in [0.1, 0.15) is 23.7 Å². The molecule has 4 aromatic rings. The number of imidazole rings is 2. The van der Waals surface area contributed by atoms with Crippen LogP contribution in [0.2, 0.25) is 0 Å². The van der Waals surface area contributed by atoms with Gasteiger partial charge in [0, 0.05) is 42.0 Å². The molecular formula is C46H60FeN8O6. The van der Waals surface area contributed by atoms with Crippen molar-refractivity contribution in [3.63, 3.8) is 0 Å². The Morgan fingerprint density at radius 3 is 1.41 bits per heavy atom. The first-order valence-electron chi connectivity index (χ1n) is 21.6. The minimum Gasteiger partial charge on any atom is -0.453 e. The standard InChI is InChI=1S/2C23H30N4O3.Fe/c2*1-14(2)20(26-23(29)30-3)22(28)27-12-6-9-19(27)21-24-17-11-10-16(13-18(17)25-21)15-7-4-5-8-15;/h2*4,7,10-11,13-15,19-20H,5-6,8-9,12H2,1-3H3,(H,24,25)(H,26,29);/t2*15?,19-,20-;/m00./s1. The molecule has 14 nitrogen and oxygen atoms in total. The topological polar surface area (TPSA) is 175 Å². The first-order chi connectivity index (χ1) is 28.9. The van der Waals surface area contributed by atoms with E-state index in [4.69, 9.17) is 19.4 Å². The molecule has 4 aliphatic rings. The number of nitrogens with one attached hydrogen (secondary N) is 4. The van der Waals surface area contributed by atoms with Crippen LogP contribution in [-0.4, -0.2) is 93.1 Å². The molecular weight excluding hydrogens is 816 g/mol. The van der Waals surface area contributed by atoms with E-state index in [9.17, 15) is 19.2 Å². The second kappa shape index (κ2) is 20.2. The number of aromatic nitrogens is 4. The first kappa shape index (κ1) is 45.4. The zero-order chi connectivity index (χ0) is 42.5. The Kier molecular flexibility index (Phi) is 15.0. The summed E-state index contributed by atoms with van der Waals surface area (Å²) < 4.78 is 9.41. The molecule has 15 heteroatoms. The first-order valence-corrected chi connectivity index (χ1v) is 21.6. The molecule has 4 amide bonds. The van der Waals surface area contributed by atoms with Gasteiger partial charge in [-0.25, -0.2) is 19.6 Å². The van der Waals surface area contributed by atoms with Crippen LogP contribution in [0.5, 0.6) is 0 Å². The van der Waals surface area contributed by atoms with E-state index in [1.807, 2.05) is 37.5 Å². The van der Waals surface area contributed by atoms with Crippen molar-refractivity contribution in [2.24, 2.45) is 11.8 Å². The van der Waals surface area contributed by atoms with Crippen LogP contribution in [0.1, 0.15) is 126 Å². The van der Waals surface area contributed by atoms with E-state index in [2.05, 4.69) is 81.3 Å². The number of benzene rings is 2. The Hall–Kier alpha value is -5.14. The number of nitrogens with zero attached hydrogens (tertiary/aromatic N) is 4. The number of aromatic amines is 2. The second-order valence-electron chi connectivity index (χ2n) is 17.1. The molecule has 0 radical (unpaired) electrons. The van der Waals surface area contributed by atoms with Crippen LogP contribution in [0, 0.1) is 11.8 Å². The Morgan fingerprint density at radius 2 is 1.07 bits per heavy atom. The number of hydrogen-bond acceptors (Lipinski definition) is 8. The van der Waals surface area contributed by atoms with Gasteiger partial charge in [-0.15, -0.1) is 0 Å². The number of amides is 4. The van der Waals surface area contributed by atoms with Crippen LogP contribution in [0.15, 0.2) is 60.7 Å². The molecule has 0 saturated carbocycles. The van der Waals surface area contributed by atoms with Crippen LogP contribution >= 0.6 is 0 Å². The van der Waals surface area contributed by atoms with E-state index in [1.54, 1.807) is 0 Å². The minimum atomic E-state index is -0.622. The number of H-pyrrole nitrogens is 2. The number of fused-ring (bicyclic) bond motifs is 2. The number of carbonyl (C=O) groups is 4. The van der Waals surface area contributed by atoms with Gasteiger partial charge in [-0.1, -0.05) is 64.1 Å². The van der Waals surface area contributed by atoms with Gasteiger partial charge in [0.2, 0.25) is 11.8 Å². The predicted octanol–water partition coefficient (Wildman–Crippen LogP) is 8.08. The molecule has 2 aliphatic carbocycles. The Labute approximate surface area is 368 Å². The quantitative estimate of drug-likeness (QED) is 0.0914. The molecule has 8 rings (SSSR count). The summed E-state index contributed by atoms with van der Waals surface area (Å²) in [5, 5.41) is 5.38. The fraction of sp³-hybridized carbons (Fsp3) is 0.522. The Balaban J connectivity index is 0.000000201. The Bertz CT molecular complexity index is 2090. The minimum absolute atomic E-state index is 0. The summed E-state index contributed by atoms with van der Waals surface area (Å²) in [5.41, 5.74) is 6.46. The van der Waals surface area contributed by atoms with Gasteiger partial charge in [0.25, 0.3) is 0 Å². The van der Waals surface area contributed by atoms with E-state index >= 15 is 0 Å². The van der Waals surface area contributed by atoms with Gasteiger partial charge in [0.15, 0.2) is 0 Å². The van der Waals surface area contributed by atoms with Crippen LogP contribution in [0.4, 0.5) is 9.59 Å². The SMILES string of the molecule is COC(=O)N[C@H](C(=O)N1CCC[C@H]1c1nc2ccc(C3C=CCC3)cc2[nH]1)C(C)C.COC(=O)N[C@H](C(=O)N1CCC[C@H]1c1nc2ccc(C3C=CCC3)cc2[nH]1)C(C)C.[Fe]. The van der Waals surface area contributed by atoms with Crippen LogP contribution in [0.3, 0.4) is 0 Å². The molecule has 6 atom stereocenters. The molecule has 328 valence electrons. The molecule has 2 saturated heterocycles. The zero-order valence-electron chi connectivity index (χ0n) is 36.1.